The number of carboxylic acid groups (broad SMARTS) is 1. The molecular formula is C14H19NO4. The number of carbonyl (C=O) groups is 2. The maximum atomic E-state index is 12.4. The van der Waals surface area contributed by atoms with Crippen LogP contribution in [0.5, 0.6) is 0 Å². The van der Waals surface area contributed by atoms with E-state index in [2.05, 4.69) is 0 Å². The molecule has 5 nitrogen and oxygen atoms in total. The van der Waals surface area contributed by atoms with Gasteiger partial charge in [-0.05, 0) is 18.9 Å². The first-order valence-electron chi connectivity index (χ1n) is 6.63. The molecule has 1 saturated heterocycles. The van der Waals surface area contributed by atoms with Crippen LogP contribution in [-0.2, 0) is 11.2 Å². The Kier molecular flexibility index (Phi) is 3.64. The summed E-state index contributed by atoms with van der Waals surface area (Å²) in [6.07, 6.45) is 3.22. The molecule has 1 N–H and O–H groups in total. The summed E-state index contributed by atoms with van der Waals surface area (Å²) >= 11 is 0. The SMILES string of the molecule is CCc1occc1C(=O)N1CCC(CC)(C(=O)O)C1. The molecule has 2 heterocycles. The van der Waals surface area contributed by atoms with Crippen molar-refractivity contribution in [2.24, 2.45) is 5.41 Å². The molecule has 0 bridgehead atoms. The Labute approximate surface area is 112 Å². The number of carboxylic acids is 1. The number of amides is 1. The normalized spacial score (nSPS) is 22.7. The van der Waals surface area contributed by atoms with E-state index in [0.717, 1.165) is 0 Å². The largest absolute Gasteiger partial charge is 0.481 e. The third kappa shape index (κ3) is 2.25. The second kappa shape index (κ2) is 5.07. The molecule has 0 spiro atoms. The van der Waals surface area contributed by atoms with Gasteiger partial charge in [0.05, 0.1) is 17.2 Å². The van der Waals surface area contributed by atoms with Crippen molar-refractivity contribution in [3.8, 4) is 0 Å². The minimum Gasteiger partial charge on any atom is -0.481 e. The first-order valence-corrected chi connectivity index (χ1v) is 6.63. The van der Waals surface area contributed by atoms with Crippen LogP contribution in [0.4, 0.5) is 0 Å². The monoisotopic (exact) mass is 265 g/mol. The average Bonchev–Trinajstić information content (AvgIpc) is 3.05. The maximum Gasteiger partial charge on any atom is 0.311 e. The summed E-state index contributed by atoms with van der Waals surface area (Å²) in [5, 5.41) is 9.34. The summed E-state index contributed by atoms with van der Waals surface area (Å²) in [6, 6.07) is 1.66. The molecular weight excluding hydrogens is 246 g/mol. The van der Waals surface area contributed by atoms with E-state index in [1.54, 1.807) is 11.0 Å². The van der Waals surface area contributed by atoms with Crippen LogP contribution in [0.25, 0.3) is 0 Å². The lowest BCUT2D eigenvalue weighted by Gasteiger charge is -2.23. The van der Waals surface area contributed by atoms with Crippen LogP contribution in [0.1, 0.15) is 42.8 Å². The van der Waals surface area contributed by atoms with Gasteiger partial charge in [0, 0.05) is 19.5 Å². The number of nitrogens with zero attached hydrogens (tertiary/aromatic N) is 1. The predicted octanol–water partition coefficient (Wildman–Crippen LogP) is 2.17. The molecule has 1 amide bonds. The van der Waals surface area contributed by atoms with Crippen molar-refractivity contribution in [2.75, 3.05) is 13.1 Å². The van der Waals surface area contributed by atoms with E-state index < -0.39 is 11.4 Å². The Morgan fingerprint density at radius 3 is 2.74 bits per heavy atom. The third-order valence-corrected chi connectivity index (χ3v) is 4.07. The molecule has 1 aromatic heterocycles. The number of carbonyl (C=O) groups excluding carboxylic acids is 1. The van der Waals surface area contributed by atoms with Crippen LogP contribution < -0.4 is 0 Å². The molecule has 1 fully saturated rings. The Hall–Kier alpha value is -1.78. The van der Waals surface area contributed by atoms with Gasteiger partial charge in [-0.2, -0.15) is 0 Å². The molecule has 5 heteroatoms. The van der Waals surface area contributed by atoms with E-state index >= 15 is 0 Å². The van der Waals surface area contributed by atoms with Crippen LogP contribution in [-0.4, -0.2) is 35.0 Å². The van der Waals surface area contributed by atoms with E-state index in [4.69, 9.17) is 4.42 Å². The second-order valence-corrected chi connectivity index (χ2v) is 5.03. The fourth-order valence-corrected chi connectivity index (χ4v) is 2.64. The minimum absolute atomic E-state index is 0.123. The van der Waals surface area contributed by atoms with Gasteiger partial charge in [0.15, 0.2) is 0 Å². The number of likely N-dealkylation sites (tertiary alicyclic amines) is 1. The smallest absolute Gasteiger partial charge is 0.311 e. The Morgan fingerprint density at radius 1 is 1.47 bits per heavy atom. The molecule has 19 heavy (non-hydrogen) atoms. The number of hydrogen-bond donors (Lipinski definition) is 1. The van der Waals surface area contributed by atoms with Crippen molar-refractivity contribution in [3.05, 3.63) is 23.7 Å². The van der Waals surface area contributed by atoms with Crippen LogP contribution in [0.2, 0.25) is 0 Å². The summed E-state index contributed by atoms with van der Waals surface area (Å²) in [4.78, 5) is 25.4. The molecule has 0 saturated carbocycles. The Bertz CT molecular complexity index is 493. The Balaban J connectivity index is 2.17. The highest BCUT2D eigenvalue weighted by molar-refractivity contribution is 5.96. The van der Waals surface area contributed by atoms with E-state index in [1.165, 1.54) is 6.26 Å². The molecule has 1 aliphatic heterocycles. The van der Waals surface area contributed by atoms with E-state index in [9.17, 15) is 14.7 Å². The fraction of sp³-hybridized carbons (Fsp3) is 0.571. The minimum atomic E-state index is -0.812. The number of furan rings is 1. The summed E-state index contributed by atoms with van der Waals surface area (Å²) in [6.45, 7) is 4.56. The predicted molar refractivity (Wildman–Crippen MR) is 69.0 cm³/mol. The molecule has 1 unspecified atom stereocenters. The molecule has 104 valence electrons. The summed E-state index contributed by atoms with van der Waals surface area (Å²) < 4.78 is 5.26. The van der Waals surface area contributed by atoms with Crippen LogP contribution >= 0.6 is 0 Å². The van der Waals surface area contributed by atoms with E-state index in [-0.39, 0.29) is 12.5 Å². The van der Waals surface area contributed by atoms with Crippen molar-refractivity contribution in [3.63, 3.8) is 0 Å². The van der Waals surface area contributed by atoms with Crippen LogP contribution in [0, 0.1) is 5.41 Å². The second-order valence-electron chi connectivity index (χ2n) is 5.03. The van der Waals surface area contributed by atoms with Crippen molar-refractivity contribution in [2.45, 2.75) is 33.1 Å². The number of rotatable bonds is 4. The van der Waals surface area contributed by atoms with Gasteiger partial charge >= 0.3 is 5.97 Å². The van der Waals surface area contributed by atoms with Gasteiger partial charge in [-0.3, -0.25) is 9.59 Å². The molecule has 0 aromatic carbocycles. The topological polar surface area (TPSA) is 70.8 Å². The number of aliphatic carboxylic acids is 1. The Morgan fingerprint density at radius 2 is 2.21 bits per heavy atom. The van der Waals surface area contributed by atoms with Crippen molar-refractivity contribution in [1.82, 2.24) is 4.90 Å². The van der Waals surface area contributed by atoms with E-state index in [0.29, 0.717) is 37.1 Å². The highest BCUT2D eigenvalue weighted by atomic mass is 16.4. The molecule has 1 aliphatic rings. The lowest BCUT2D eigenvalue weighted by Crippen LogP contribution is -2.36. The van der Waals surface area contributed by atoms with Gasteiger partial charge < -0.3 is 14.4 Å². The van der Waals surface area contributed by atoms with Gasteiger partial charge in [-0.25, -0.2) is 0 Å². The first kappa shape index (κ1) is 13.6. The number of aryl methyl sites for hydroxylation is 1. The van der Waals surface area contributed by atoms with Gasteiger partial charge in [0.1, 0.15) is 5.76 Å². The van der Waals surface area contributed by atoms with Gasteiger partial charge in [0.25, 0.3) is 5.91 Å². The highest BCUT2D eigenvalue weighted by Gasteiger charge is 2.45. The lowest BCUT2D eigenvalue weighted by atomic mass is 9.84. The molecule has 1 aromatic rings. The zero-order valence-electron chi connectivity index (χ0n) is 11.3. The van der Waals surface area contributed by atoms with Gasteiger partial charge in [-0.1, -0.05) is 13.8 Å². The summed E-state index contributed by atoms with van der Waals surface area (Å²) in [5.41, 5.74) is -0.231. The van der Waals surface area contributed by atoms with Crippen LogP contribution in [0.15, 0.2) is 16.7 Å². The molecule has 1 atom stereocenters. The molecule has 2 rings (SSSR count). The molecule has 0 aliphatic carbocycles. The third-order valence-electron chi connectivity index (χ3n) is 4.07. The lowest BCUT2D eigenvalue weighted by molar-refractivity contribution is -0.148. The van der Waals surface area contributed by atoms with Gasteiger partial charge in [-0.15, -0.1) is 0 Å². The standard InChI is InChI=1S/C14H19NO4/c1-3-11-10(5-8-19-11)12(16)15-7-6-14(4-2,9-15)13(17)18/h5,8H,3-4,6-7,9H2,1-2H3,(H,17,18). The van der Waals surface area contributed by atoms with E-state index in [1.807, 2.05) is 13.8 Å². The zero-order chi connectivity index (χ0) is 14.0. The number of hydrogen-bond acceptors (Lipinski definition) is 3. The quantitative estimate of drug-likeness (QED) is 0.905. The van der Waals surface area contributed by atoms with Gasteiger partial charge in [0.2, 0.25) is 0 Å². The van der Waals surface area contributed by atoms with Crippen molar-refractivity contribution in [1.29, 1.82) is 0 Å². The fourth-order valence-electron chi connectivity index (χ4n) is 2.64. The summed E-state index contributed by atoms with van der Waals surface area (Å²) in [5.74, 6) is -0.273. The highest BCUT2D eigenvalue weighted by Crippen LogP contribution is 2.35. The van der Waals surface area contributed by atoms with Crippen molar-refractivity contribution >= 4 is 11.9 Å². The summed E-state index contributed by atoms with van der Waals surface area (Å²) in [7, 11) is 0. The first-order chi connectivity index (χ1) is 9.04. The average molecular weight is 265 g/mol. The maximum absolute atomic E-state index is 12.4. The van der Waals surface area contributed by atoms with Crippen molar-refractivity contribution < 1.29 is 19.1 Å². The zero-order valence-corrected chi connectivity index (χ0v) is 11.3. The molecule has 0 radical (unpaired) electrons. The van der Waals surface area contributed by atoms with Crippen LogP contribution in [0.3, 0.4) is 0 Å².